The third-order valence-corrected chi connectivity index (χ3v) is 5.58. The second-order valence-electron chi connectivity index (χ2n) is 7.92. The van der Waals surface area contributed by atoms with E-state index in [2.05, 4.69) is 15.6 Å². The second kappa shape index (κ2) is 8.89. The molecule has 7 nitrogen and oxygen atoms in total. The van der Waals surface area contributed by atoms with Gasteiger partial charge in [-0.25, -0.2) is 9.97 Å². The van der Waals surface area contributed by atoms with Crippen LogP contribution in [0.15, 0.2) is 42.7 Å². The molecule has 160 valence electrons. The van der Waals surface area contributed by atoms with Crippen LogP contribution in [0.25, 0.3) is 11.3 Å². The van der Waals surface area contributed by atoms with E-state index in [-0.39, 0.29) is 5.84 Å². The first-order valence-corrected chi connectivity index (χ1v) is 10.7. The smallest absolute Gasteiger partial charge is 0.228 e. The molecule has 0 aliphatic heterocycles. The van der Waals surface area contributed by atoms with Crippen LogP contribution in [-0.2, 0) is 26.3 Å². The summed E-state index contributed by atoms with van der Waals surface area (Å²) >= 11 is 6.42. The van der Waals surface area contributed by atoms with Crippen molar-refractivity contribution < 1.29 is 0 Å². The summed E-state index contributed by atoms with van der Waals surface area (Å²) in [4.78, 5) is 9.19. The second-order valence-corrected chi connectivity index (χ2v) is 8.33. The molecule has 3 aromatic rings. The van der Waals surface area contributed by atoms with Crippen molar-refractivity contribution in [2.75, 3.05) is 5.32 Å². The number of aromatic nitrogens is 4. The average molecular weight is 436 g/mol. The Bertz CT molecular complexity index is 1150. The number of hydrogen-bond donors (Lipinski definition) is 3. The number of aryl methyl sites for hydroxylation is 3. The Morgan fingerprint density at radius 3 is 2.87 bits per heavy atom. The number of halogens is 1. The lowest BCUT2D eigenvalue weighted by atomic mass is 9.91. The topological polar surface area (TPSA) is 91.5 Å². The van der Waals surface area contributed by atoms with Crippen LogP contribution in [0.4, 0.5) is 5.95 Å². The molecule has 0 spiro atoms. The van der Waals surface area contributed by atoms with Crippen molar-refractivity contribution in [3.05, 3.63) is 70.3 Å². The average Bonchev–Trinajstić information content (AvgIpc) is 3.05. The Morgan fingerprint density at radius 1 is 1.29 bits per heavy atom. The van der Waals surface area contributed by atoms with Crippen LogP contribution in [0, 0.1) is 5.41 Å². The monoisotopic (exact) mass is 435 g/mol. The van der Waals surface area contributed by atoms with Crippen LogP contribution in [0.2, 0.25) is 5.02 Å². The number of amidine groups is 1. The number of nitrogens with one attached hydrogen (secondary N) is 3. The van der Waals surface area contributed by atoms with Crippen molar-refractivity contribution in [2.45, 2.75) is 39.2 Å². The highest BCUT2D eigenvalue weighted by Gasteiger charge is 2.26. The fourth-order valence-corrected chi connectivity index (χ4v) is 3.90. The Hall–Kier alpha value is -3.19. The maximum Gasteiger partial charge on any atom is 0.228 e. The minimum absolute atomic E-state index is 0.214. The highest BCUT2D eigenvalue weighted by atomic mass is 35.5. The van der Waals surface area contributed by atoms with E-state index >= 15 is 0 Å². The van der Waals surface area contributed by atoms with Gasteiger partial charge in [0, 0.05) is 42.5 Å². The number of rotatable bonds is 6. The first-order chi connectivity index (χ1) is 14.9. The van der Waals surface area contributed by atoms with Gasteiger partial charge in [0.1, 0.15) is 5.84 Å². The molecule has 1 aliphatic rings. The van der Waals surface area contributed by atoms with Crippen molar-refractivity contribution in [3.63, 3.8) is 0 Å². The van der Waals surface area contributed by atoms with Gasteiger partial charge < -0.3 is 10.6 Å². The zero-order chi connectivity index (χ0) is 22.0. The Balaban J connectivity index is 1.65. The third-order valence-electron chi connectivity index (χ3n) is 5.21. The van der Waals surface area contributed by atoms with Crippen molar-refractivity contribution in [1.82, 2.24) is 25.1 Å². The number of benzene rings is 1. The molecular weight excluding hydrogens is 410 g/mol. The van der Waals surface area contributed by atoms with E-state index in [1.165, 1.54) is 0 Å². The summed E-state index contributed by atoms with van der Waals surface area (Å²) in [6.07, 6.45) is 7.63. The lowest BCUT2D eigenvalue weighted by Crippen LogP contribution is -2.18. The van der Waals surface area contributed by atoms with Crippen molar-refractivity contribution in [1.29, 1.82) is 5.41 Å². The molecule has 0 saturated heterocycles. The van der Waals surface area contributed by atoms with Gasteiger partial charge in [0.25, 0.3) is 0 Å². The van der Waals surface area contributed by atoms with Gasteiger partial charge in [-0.1, -0.05) is 29.8 Å². The van der Waals surface area contributed by atoms with Gasteiger partial charge >= 0.3 is 0 Å². The van der Waals surface area contributed by atoms with Gasteiger partial charge in [0.15, 0.2) is 0 Å². The molecule has 31 heavy (non-hydrogen) atoms. The molecule has 0 amide bonds. The normalized spacial score (nSPS) is 12.7. The maximum atomic E-state index is 8.12. The molecule has 2 heterocycles. The molecule has 3 N–H and O–H groups in total. The molecule has 2 aromatic heterocycles. The lowest BCUT2D eigenvalue weighted by Gasteiger charge is -2.17. The number of anilines is 1. The first-order valence-electron chi connectivity index (χ1n) is 10.3. The summed E-state index contributed by atoms with van der Waals surface area (Å²) in [6.45, 7) is 4.08. The van der Waals surface area contributed by atoms with Gasteiger partial charge in [-0.15, -0.1) is 0 Å². The molecule has 1 aliphatic carbocycles. The predicted molar refractivity (Wildman–Crippen MR) is 125 cm³/mol. The summed E-state index contributed by atoms with van der Waals surface area (Å²) in [5.41, 5.74) is 6.19. The van der Waals surface area contributed by atoms with E-state index < -0.39 is 0 Å². The molecule has 0 unspecified atom stereocenters. The van der Waals surface area contributed by atoms with Crippen LogP contribution in [0.3, 0.4) is 0 Å². The molecule has 0 atom stereocenters. The van der Waals surface area contributed by atoms with E-state index in [4.69, 9.17) is 27.1 Å². The van der Waals surface area contributed by atoms with Crippen molar-refractivity contribution in [2.24, 2.45) is 7.05 Å². The van der Waals surface area contributed by atoms with Crippen LogP contribution < -0.4 is 10.6 Å². The highest BCUT2D eigenvalue weighted by molar-refractivity contribution is 6.31. The summed E-state index contributed by atoms with van der Waals surface area (Å²) in [7, 11) is 1.97. The Kier molecular flexibility index (Phi) is 6.04. The van der Waals surface area contributed by atoms with Crippen LogP contribution in [0.1, 0.15) is 36.4 Å². The van der Waals surface area contributed by atoms with Gasteiger partial charge in [-0.3, -0.25) is 10.1 Å². The quantitative estimate of drug-likeness (QED) is 0.400. The van der Waals surface area contributed by atoms with Gasteiger partial charge in [-0.05, 0) is 50.0 Å². The summed E-state index contributed by atoms with van der Waals surface area (Å²) in [6, 6.07) is 8.19. The van der Waals surface area contributed by atoms with Gasteiger partial charge in [0.2, 0.25) is 5.95 Å². The van der Waals surface area contributed by atoms with E-state index in [9.17, 15) is 0 Å². The fourth-order valence-electron chi connectivity index (χ4n) is 3.70. The van der Waals surface area contributed by atoms with E-state index in [1.54, 1.807) is 12.3 Å². The summed E-state index contributed by atoms with van der Waals surface area (Å²) in [5.74, 6) is 0.616. The molecule has 0 saturated carbocycles. The molecular formula is C23H26ClN7. The maximum absolute atomic E-state index is 8.12. The van der Waals surface area contributed by atoms with Crippen molar-refractivity contribution in [3.8, 4) is 11.3 Å². The number of hydrogen-bond acceptors (Lipinski definition) is 5. The van der Waals surface area contributed by atoms with Gasteiger partial charge in [-0.2, -0.15) is 5.10 Å². The van der Waals surface area contributed by atoms with E-state index in [0.29, 0.717) is 18.4 Å². The molecule has 4 rings (SSSR count). The van der Waals surface area contributed by atoms with Gasteiger partial charge in [0.05, 0.1) is 17.1 Å². The summed E-state index contributed by atoms with van der Waals surface area (Å²) < 4.78 is 1.93. The van der Waals surface area contributed by atoms with Crippen LogP contribution in [-0.4, -0.2) is 31.6 Å². The van der Waals surface area contributed by atoms with E-state index in [1.807, 2.05) is 56.0 Å². The van der Waals surface area contributed by atoms with E-state index in [0.717, 1.165) is 51.6 Å². The standard InChI is InChI=1S/C23H26ClN7/c1-14(2)26-11-10-20(25)28-23-27-13-16-8-9-18-21(22(16)29-23)19(31(3)30-18)12-15-6-4-5-7-17(15)24/h4-7,10-11,13-14,26H,8-9,12H2,1-3H3,(H2,25,27,28,29)/b11-10-. The number of fused-ring (bicyclic) bond motifs is 3. The number of nitrogens with zero attached hydrogens (tertiary/aromatic N) is 4. The van der Waals surface area contributed by atoms with Crippen LogP contribution >= 0.6 is 11.6 Å². The SMILES string of the molecule is CC(C)N/C=C\C(=N)Nc1ncc2c(n1)-c1c(nn(C)c1Cc1ccccc1Cl)CC2. The molecule has 0 fully saturated rings. The minimum Gasteiger partial charge on any atom is -0.389 e. The molecule has 0 bridgehead atoms. The first kappa shape index (κ1) is 21.1. The Morgan fingerprint density at radius 2 is 2.10 bits per heavy atom. The zero-order valence-corrected chi connectivity index (χ0v) is 18.7. The predicted octanol–water partition coefficient (Wildman–Crippen LogP) is 4.12. The lowest BCUT2D eigenvalue weighted by molar-refractivity contribution is 0.703. The Labute approximate surface area is 187 Å². The molecule has 8 heteroatoms. The highest BCUT2D eigenvalue weighted by Crippen LogP contribution is 2.36. The van der Waals surface area contributed by atoms with Crippen LogP contribution in [0.5, 0.6) is 0 Å². The molecule has 1 aromatic carbocycles. The largest absolute Gasteiger partial charge is 0.389 e. The minimum atomic E-state index is 0.214. The molecule has 0 radical (unpaired) electrons. The summed E-state index contributed by atoms with van der Waals surface area (Å²) in [5, 5.41) is 19.7. The third kappa shape index (κ3) is 4.61. The fraction of sp³-hybridized carbons (Fsp3) is 0.304. The van der Waals surface area contributed by atoms with Crippen molar-refractivity contribution >= 4 is 23.4 Å². The zero-order valence-electron chi connectivity index (χ0n) is 17.9.